The summed E-state index contributed by atoms with van der Waals surface area (Å²) < 4.78 is 4.99. The van der Waals surface area contributed by atoms with Gasteiger partial charge in [-0.25, -0.2) is 9.78 Å². The number of benzene rings is 2. The van der Waals surface area contributed by atoms with Crippen molar-refractivity contribution in [3.63, 3.8) is 0 Å². The summed E-state index contributed by atoms with van der Waals surface area (Å²) in [4.78, 5) is 135. The van der Waals surface area contributed by atoms with E-state index >= 15 is 0 Å². The number of esters is 1. The molecule has 0 bridgehead atoms. The normalized spacial score (nSPS) is 16.2. The lowest BCUT2D eigenvalue weighted by molar-refractivity contribution is -0.147. The molecule has 3 aromatic rings. The van der Waals surface area contributed by atoms with E-state index in [9.17, 15) is 53.4 Å². The van der Waals surface area contributed by atoms with Gasteiger partial charge in [0.15, 0.2) is 5.96 Å². The molecule has 1 fully saturated rings. The molecule has 25 heteroatoms. The van der Waals surface area contributed by atoms with Gasteiger partial charge in [-0.15, -0.1) is 0 Å². The largest absolute Gasteiger partial charge is 0.508 e. The van der Waals surface area contributed by atoms with Gasteiger partial charge in [0.2, 0.25) is 41.4 Å². The number of nitrogens with two attached hydrogens (primary N) is 3. The number of carboxylic acids is 1. The highest BCUT2D eigenvalue weighted by Crippen LogP contribution is 2.21. The summed E-state index contributed by atoms with van der Waals surface area (Å²) in [6.07, 6.45) is 3.21. The van der Waals surface area contributed by atoms with E-state index in [4.69, 9.17) is 21.9 Å². The molecule has 0 saturated carbocycles. The number of H-pyrrole nitrogens is 1. The fourth-order valence-corrected chi connectivity index (χ4v) is 8.45. The maximum atomic E-state index is 14.6. The third-order valence-corrected chi connectivity index (χ3v) is 12.9. The summed E-state index contributed by atoms with van der Waals surface area (Å²) in [7, 11) is 1.21. The summed E-state index contributed by atoms with van der Waals surface area (Å²) in [5.41, 5.74) is 18.4. The average Bonchev–Trinajstić information content (AvgIpc) is 4.10. The zero-order chi connectivity index (χ0) is 56.1. The van der Waals surface area contributed by atoms with Crippen LogP contribution >= 0.6 is 0 Å². The smallest absolute Gasteiger partial charge is 0.328 e. The van der Waals surface area contributed by atoms with Crippen LogP contribution in [-0.4, -0.2) is 153 Å². The predicted molar refractivity (Wildman–Crippen MR) is 277 cm³/mol. The van der Waals surface area contributed by atoms with Crippen LogP contribution in [0.25, 0.3) is 0 Å². The number of methoxy groups -OCH3 is 1. The molecule has 9 atom stereocenters. The number of phenols is 1. The lowest BCUT2D eigenvalue weighted by Crippen LogP contribution is -2.62. The SMILES string of the molecule is CC[C@H](C)[C@H](NC(=O)[C@H](Cc1ccc(O)cc1)NC(=O)[C@@H](NC(=O)[C@H](CCCN=C(N)N)NC(=O)[C@@H](N)CC(=O)O)C(C)C)C(=O)N[C@@H](Cc1cnc[nH]1)C(=O)N1CCC[C@H]1C(=O)N[C@@H](Cc1ccccc1)C(=O)OC. The predicted octanol–water partition coefficient (Wildman–Crippen LogP) is -1.23. The molecule has 1 saturated heterocycles. The van der Waals surface area contributed by atoms with E-state index in [2.05, 4.69) is 46.9 Å². The molecule has 15 N–H and O–H groups in total. The standard InChI is InChI=1S/C51H73N13O12/c1-6-29(4)42(48(73)60-37(24-32-26-55-27-57-32)49(74)64-21-11-15-39(64)46(71)61-38(50(75)76-5)23-30-12-8-7-9-13-30)63-45(70)36(22-31-16-18-33(65)19-17-31)59-47(72)41(28(2)3)62-44(69)35(14-10-20-56-51(53)54)58-43(68)34(52)25-40(66)67/h7-9,12-13,16-19,26-29,34-39,41-42,65H,6,10-11,14-15,20-25,52H2,1-5H3,(H,55,57)(H,58,68)(H,59,72)(H,60,73)(H,61,71)(H,62,69)(H,63,70)(H,66,67)(H4,53,54,56)/t29-,34-,35-,36-,37-,38-,39-,41-,42-/m0/s1. The molecule has 0 spiro atoms. The van der Waals surface area contributed by atoms with Crippen LogP contribution in [0.2, 0.25) is 0 Å². The van der Waals surface area contributed by atoms with Crippen molar-refractivity contribution < 1.29 is 58.1 Å². The third-order valence-electron chi connectivity index (χ3n) is 12.9. The van der Waals surface area contributed by atoms with Gasteiger partial charge in [-0.3, -0.25) is 43.3 Å². The minimum Gasteiger partial charge on any atom is -0.508 e. The van der Waals surface area contributed by atoms with E-state index in [1.807, 2.05) is 6.07 Å². The second-order valence-corrected chi connectivity index (χ2v) is 19.1. The lowest BCUT2D eigenvalue weighted by Gasteiger charge is -2.32. The minimum atomic E-state index is -1.51. The quantitative estimate of drug-likeness (QED) is 0.0168. The summed E-state index contributed by atoms with van der Waals surface area (Å²) in [5.74, 6) is -8.85. The Morgan fingerprint density at radius 3 is 1.99 bits per heavy atom. The number of nitrogens with zero attached hydrogens (tertiary/aromatic N) is 3. The summed E-state index contributed by atoms with van der Waals surface area (Å²) in [6.45, 7) is 6.98. The number of amides is 7. The summed E-state index contributed by atoms with van der Waals surface area (Å²) in [5, 5.41) is 35.4. The Morgan fingerprint density at radius 2 is 1.38 bits per heavy atom. The number of phenolic OH excluding ortho intramolecular Hbond substituents is 1. The van der Waals surface area contributed by atoms with Gasteiger partial charge in [-0.1, -0.05) is 76.6 Å². The first kappa shape index (κ1) is 60.5. The van der Waals surface area contributed by atoms with E-state index in [0.29, 0.717) is 24.1 Å². The highest BCUT2D eigenvalue weighted by Gasteiger charge is 2.41. The fourth-order valence-electron chi connectivity index (χ4n) is 8.45. The molecule has 7 amide bonds. The van der Waals surface area contributed by atoms with Gasteiger partial charge < -0.3 is 73.9 Å². The molecular weight excluding hydrogens is 987 g/mol. The number of nitrogens with one attached hydrogen (secondary N) is 7. The maximum Gasteiger partial charge on any atom is 0.328 e. The molecule has 2 aromatic carbocycles. The Bertz CT molecular complexity index is 2470. The number of rotatable bonds is 29. The van der Waals surface area contributed by atoms with Crippen molar-refractivity contribution in [2.75, 3.05) is 20.2 Å². The zero-order valence-electron chi connectivity index (χ0n) is 43.5. The molecule has 2 heterocycles. The lowest BCUT2D eigenvalue weighted by atomic mass is 9.96. The number of carbonyl (C=O) groups excluding carboxylic acids is 8. The second-order valence-electron chi connectivity index (χ2n) is 19.1. The number of aromatic nitrogens is 2. The van der Waals surface area contributed by atoms with Crippen LogP contribution < -0.4 is 49.1 Å². The summed E-state index contributed by atoms with van der Waals surface area (Å²) in [6, 6.07) is 4.62. The molecule has 4 rings (SSSR count). The van der Waals surface area contributed by atoms with E-state index in [1.165, 1.54) is 48.8 Å². The second kappa shape index (κ2) is 29.7. The first-order valence-electron chi connectivity index (χ1n) is 25.1. The fraction of sp³-hybridized carbons (Fsp3) is 0.510. The van der Waals surface area contributed by atoms with E-state index < -0.39 is 120 Å². The first-order chi connectivity index (χ1) is 36.1. The highest BCUT2D eigenvalue weighted by molar-refractivity contribution is 5.98. The number of hydrogen-bond acceptors (Lipinski definition) is 14. The van der Waals surface area contributed by atoms with Crippen LogP contribution in [0.4, 0.5) is 0 Å². The monoisotopic (exact) mass is 1060 g/mol. The van der Waals surface area contributed by atoms with E-state index in [-0.39, 0.29) is 63.3 Å². The van der Waals surface area contributed by atoms with E-state index in [1.54, 1.807) is 52.0 Å². The molecule has 1 aromatic heterocycles. The Balaban J connectivity index is 1.60. The van der Waals surface area contributed by atoms with Crippen LogP contribution in [0, 0.1) is 11.8 Å². The summed E-state index contributed by atoms with van der Waals surface area (Å²) >= 11 is 0. The number of ether oxygens (including phenoxy) is 1. The van der Waals surface area contributed by atoms with Gasteiger partial charge in [-0.2, -0.15) is 0 Å². The number of carboxylic acid groups (broad SMARTS) is 1. The number of aliphatic imine (C=N–C) groups is 1. The van der Waals surface area contributed by atoms with Gasteiger partial charge in [0.1, 0.15) is 48.0 Å². The van der Waals surface area contributed by atoms with Crippen molar-refractivity contribution in [2.24, 2.45) is 34.0 Å². The molecule has 76 heavy (non-hydrogen) atoms. The van der Waals surface area contributed by atoms with Crippen LogP contribution in [0.5, 0.6) is 5.75 Å². The number of likely N-dealkylation sites (tertiary alicyclic amines) is 1. The van der Waals surface area contributed by atoms with Crippen molar-refractivity contribution in [2.45, 2.75) is 134 Å². The highest BCUT2D eigenvalue weighted by atomic mass is 16.5. The Kier molecular flexibility index (Phi) is 23.6. The van der Waals surface area contributed by atoms with Gasteiger partial charge in [-0.05, 0) is 60.8 Å². The van der Waals surface area contributed by atoms with Crippen LogP contribution in [0.3, 0.4) is 0 Å². The van der Waals surface area contributed by atoms with Crippen LogP contribution in [0.1, 0.15) is 83.0 Å². The molecule has 0 radical (unpaired) electrons. The molecule has 1 aliphatic heterocycles. The number of aliphatic carboxylic acids is 1. The van der Waals surface area contributed by atoms with Crippen LogP contribution in [-0.2, 0) is 67.2 Å². The van der Waals surface area contributed by atoms with Crippen molar-refractivity contribution >= 4 is 59.2 Å². The Hall–Kier alpha value is -8.09. The average molecular weight is 1060 g/mol. The number of guanidine groups is 1. The molecule has 414 valence electrons. The minimum absolute atomic E-state index is 0.0551. The van der Waals surface area contributed by atoms with E-state index in [0.717, 1.165) is 5.56 Å². The number of aromatic hydroxyl groups is 1. The van der Waals surface area contributed by atoms with Gasteiger partial charge in [0.05, 0.1) is 25.9 Å². The first-order valence-corrected chi connectivity index (χ1v) is 25.1. The number of hydrogen-bond donors (Lipinski definition) is 12. The maximum absolute atomic E-state index is 14.6. The Labute approximate surface area is 440 Å². The number of carbonyl (C=O) groups is 9. The van der Waals surface area contributed by atoms with Gasteiger partial charge in [0.25, 0.3) is 0 Å². The van der Waals surface area contributed by atoms with Gasteiger partial charge >= 0.3 is 11.9 Å². The van der Waals surface area contributed by atoms with Crippen molar-refractivity contribution in [3.05, 3.63) is 83.9 Å². The van der Waals surface area contributed by atoms with Gasteiger partial charge in [0, 0.05) is 44.2 Å². The number of aromatic amines is 1. The van der Waals surface area contributed by atoms with Crippen LogP contribution in [0.15, 0.2) is 72.1 Å². The van der Waals surface area contributed by atoms with Crippen molar-refractivity contribution in [3.8, 4) is 5.75 Å². The molecule has 1 aliphatic rings. The third kappa shape index (κ3) is 18.7. The molecular formula is C51H73N13O12. The zero-order valence-corrected chi connectivity index (χ0v) is 43.5. The number of imidazole rings is 1. The molecule has 0 unspecified atom stereocenters. The Morgan fingerprint density at radius 1 is 0.776 bits per heavy atom. The topological polar surface area (TPSA) is 398 Å². The molecule has 25 nitrogen and oxygen atoms in total. The molecule has 0 aliphatic carbocycles. The van der Waals surface area contributed by atoms with Crippen molar-refractivity contribution in [1.29, 1.82) is 0 Å². The van der Waals surface area contributed by atoms with Crippen molar-refractivity contribution in [1.82, 2.24) is 46.8 Å².